The predicted molar refractivity (Wildman–Crippen MR) is 53.6 cm³/mol. The Morgan fingerprint density at radius 3 is 2.54 bits per heavy atom. The normalized spacial score (nSPS) is 14.5. The fourth-order valence-corrected chi connectivity index (χ4v) is 1.23. The smallest absolute Gasteiger partial charge is 0.136 e. The van der Waals surface area contributed by atoms with Crippen molar-refractivity contribution in [1.82, 2.24) is 14.8 Å². The molecular weight excluding hydrogens is 162 g/mol. The van der Waals surface area contributed by atoms with Crippen molar-refractivity contribution < 1.29 is 0 Å². The zero-order chi connectivity index (χ0) is 10.1. The first kappa shape index (κ1) is 10.2. The Morgan fingerprint density at radius 2 is 2.08 bits per heavy atom. The Kier molecular flexibility index (Phi) is 2.74. The summed E-state index contributed by atoms with van der Waals surface area (Å²) >= 11 is 0. The third-order valence-electron chi connectivity index (χ3n) is 2.67. The molecule has 0 amide bonds. The first-order valence-corrected chi connectivity index (χ1v) is 4.84. The summed E-state index contributed by atoms with van der Waals surface area (Å²) in [6, 6.07) is 0. The van der Waals surface area contributed by atoms with Crippen LogP contribution in [0.5, 0.6) is 0 Å². The number of aromatic nitrogens is 3. The summed E-state index contributed by atoms with van der Waals surface area (Å²) in [7, 11) is 0. The van der Waals surface area contributed by atoms with Crippen molar-refractivity contribution in [1.29, 1.82) is 0 Å². The van der Waals surface area contributed by atoms with E-state index in [-0.39, 0.29) is 5.41 Å². The molecule has 3 heteroatoms. The highest BCUT2D eigenvalue weighted by atomic mass is 15.3. The molecule has 1 rings (SSSR count). The molecule has 1 heterocycles. The van der Waals surface area contributed by atoms with Gasteiger partial charge in [-0.05, 0) is 12.3 Å². The topological polar surface area (TPSA) is 30.7 Å². The molecule has 0 saturated carbocycles. The van der Waals surface area contributed by atoms with Gasteiger partial charge in [-0.3, -0.25) is 0 Å². The van der Waals surface area contributed by atoms with Crippen LogP contribution < -0.4 is 0 Å². The SMILES string of the molecule is CCn1cnnc1C(C)C(C)(C)C. The van der Waals surface area contributed by atoms with Gasteiger partial charge in [0.1, 0.15) is 12.2 Å². The highest BCUT2D eigenvalue weighted by molar-refractivity contribution is 4.99. The lowest BCUT2D eigenvalue weighted by molar-refractivity contribution is 0.320. The minimum absolute atomic E-state index is 0.250. The predicted octanol–water partition coefficient (Wildman–Crippen LogP) is 2.45. The van der Waals surface area contributed by atoms with Gasteiger partial charge in [0.05, 0.1) is 0 Å². The summed E-state index contributed by atoms with van der Waals surface area (Å²) in [6.45, 7) is 12.0. The van der Waals surface area contributed by atoms with Crippen molar-refractivity contribution in [2.75, 3.05) is 0 Å². The van der Waals surface area contributed by atoms with Gasteiger partial charge in [-0.1, -0.05) is 27.7 Å². The third kappa shape index (κ3) is 2.08. The van der Waals surface area contributed by atoms with E-state index < -0.39 is 0 Å². The Balaban J connectivity index is 2.94. The van der Waals surface area contributed by atoms with Gasteiger partial charge >= 0.3 is 0 Å². The van der Waals surface area contributed by atoms with Crippen LogP contribution in [-0.2, 0) is 6.54 Å². The highest BCUT2D eigenvalue weighted by Crippen LogP contribution is 2.32. The molecule has 0 aliphatic rings. The highest BCUT2D eigenvalue weighted by Gasteiger charge is 2.25. The van der Waals surface area contributed by atoms with Crippen molar-refractivity contribution in [2.24, 2.45) is 5.41 Å². The molecule has 1 unspecified atom stereocenters. The number of hydrogen-bond donors (Lipinski definition) is 0. The van der Waals surface area contributed by atoms with Crippen LogP contribution in [0.3, 0.4) is 0 Å². The van der Waals surface area contributed by atoms with Crippen LogP contribution in [0.15, 0.2) is 6.33 Å². The molecule has 0 aliphatic carbocycles. The third-order valence-corrected chi connectivity index (χ3v) is 2.67. The quantitative estimate of drug-likeness (QED) is 0.701. The zero-order valence-electron chi connectivity index (χ0n) is 9.20. The van der Waals surface area contributed by atoms with Crippen molar-refractivity contribution in [3.05, 3.63) is 12.2 Å². The van der Waals surface area contributed by atoms with Gasteiger partial charge in [0.2, 0.25) is 0 Å². The summed E-state index contributed by atoms with van der Waals surface area (Å²) in [5, 5.41) is 8.11. The fraction of sp³-hybridized carbons (Fsp3) is 0.800. The molecule has 0 spiro atoms. The van der Waals surface area contributed by atoms with Crippen LogP contribution >= 0.6 is 0 Å². The average molecular weight is 181 g/mol. The number of hydrogen-bond acceptors (Lipinski definition) is 2. The van der Waals surface area contributed by atoms with Crippen molar-refractivity contribution in [3.63, 3.8) is 0 Å². The van der Waals surface area contributed by atoms with Gasteiger partial charge in [0, 0.05) is 12.5 Å². The van der Waals surface area contributed by atoms with Gasteiger partial charge in [-0.15, -0.1) is 10.2 Å². The molecule has 0 saturated heterocycles. The van der Waals surface area contributed by atoms with E-state index in [1.54, 1.807) is 6.33 Å². The van der Waals surface area contributed by atoms with Gasteiger partial charge < -0.3 is 4.57 Å². The summed E-state index contributed by atoms with van der Waals surface area (Å²) < 4.78 is 2.11. The van der Waals surface area contributed by atoms with E-state index in [4.69, 9.17) is 0 Å². The second-order valence-electron chi connectivity index (χ2n) is 4.56. The molecule has 1 aromatic rings. The number of aryl methyl sites for hydroxylation is 1. The minimum atomic E-state index is 0.250. The second kappa shape index (κ2) is 3.48. The van der Waals surface area contributed by atoms with Crippen LogP contribution in [0.4, 0.5) is 0 Å². The molecule has 1 aromatic heterocycles. The van der Waals surface area contributed by atoms with E-state index >= 15 is 0 Å². The van der Waals surface area contributed by atoms with E-state index in [9.17, 15) is 0 Å². The second-order valence-corrected chi connectivity index (χ2v) is 4.56. The monoisotopic (exact) mass is 181 g/mol. The van der Waals surface area contributed by atoms with E-state index in [0.29, 0.717) is 5.92 Å². The van der Waals surface area contributed by atoms with Gasteiger partial charge in [-0.2, -0.15) is 0 Å². The van der Waals surface area contributed by atoms with E-state index in [1.807, 2.05) is 0 Å². The number of nitrogens with zero attached hydrogens (tertiary/aromatic N) is 3. The first-order valence-electron chi connectivity index (χ1n) is 4.84. The van der Waals surface area contributed by atoms with Crippen LogP contribution in [0, 0.1) is 5.41 Å². The van der Waals surface area contributed by atoms with Crippen molar-refractivity contribution >= 4 is 0 Å². The van der Waals surface area contributed by atoms with Crippen LogP contribution in [0.25, 0.3) is 0 Å². The molecule has 0 aromatic carbocycles. The molecule has 74 valence electrons. The van der Waals surface area contributed by atoms with Crippen molar-refractivity contribution in [2.45, 2.75) is 47.1 Å². The maximum atomic E-state index is 4.17. The van der Waals surface area contributed by atoms with E-state index in [0.717, 1.165) is 12.4 Å². The standard InChI is InChI=1S/C10H19N3/c1-6-13-7-11-12-9(13)8(2)10(3,4)5/h7-8H,6H2,1-5H3. The lowest BCUT2D eigenvalue weighted by atomic mass is 9.81. The summed E-state index contributed by atoms with van der Waals surface area (Å²) in [5.41, 5.74) is 0.250. The van der Waals surface area contributed by atoms with Gasteiger partial charge in [0.15, 0.2) is 0 Å². The Hall–Kier alpha value is -0.860. The van der Waals surface area contributed by atoms with E-state index in [1.165, 1.54) is 0 Å². The molecule has 0 fully saturated rings. The first-order chi connectivity index (χ1) is 5.96. The molecule has 0 aliphatic heterocycles. The molecule has 0 N–H and O–H groups in total. The van der Waals surface area contributed by atoms with Crippen LogP contribution in [0.1, 0.15) is 46.4 Å². The molecule has 1 atom stereocenters. The van der Waals surface area contributed by atoms with E-state index in [2.05, 4.69) is 49.4 Å². The maximum Gasteiger partial charge on any atom is 0.136 e. The summed E-state index contributed by atoms with van der Waals surface area (Å²) in [4.78, 5) is 0. The zero-order valence-corrected chi connectivity index (χ0v) is 9.20. The Morgan fingerprint density at radius 1 is 1.46 bits per heavy atom. The molecule has 13 heavy (non-hydrogen) atoms. The lowest BCUT2D eigenvalue weighted by Crippen LogP contribution is -2.19. The Bertz CT molecular complexity index is 270. The number of rotatable bonds is 2. The average Bonchev–Trinajstić information content (AvgIpc) is 2.48. The molecular formula is C10H19N3. The van der Waals surface area contributed by atoms with Gasteiger partial charge in [0.25, 0.3) is 0 Å². The molecule has 3 nitrogen and oxygen atoms in total. The summed E-state index contributed by atoms with van der Waals surface area (Å²) in [5.74, 6) is 1.53. The minimum Gasteiger partial charge on any atom is -0.318 e. The Labute approximate surface area is 80.2 Å². The molecule has 0 bridgehead atoms. The maximum absolute atomic E-state index is 4.17. The lowest BCUT2D eigenvalue weighted by Gasteiger charge is -2.26. The van der Waals surface area contributed by atoms with Gasteiger partial charge in [-0.25, -0.2) is 0 Å². The van der Waals surface area contributed by atoms with Crippen LogP contribution in [-0.4, -0.2) is 14.8 Å². The van der Waals surface area contributed by atoms with Crippen LogP contribution in [0.2, 0.25) is 0 Å². The fourth-order valence-electron chi connectivity index (χ4n) is 1.23. The summed E-state index contributed by atoms with van der Waals surface area (Å²) in [6.07, 6.45) is 1.80. The largest absolute Gasteiger partial charge is 0.318 e. The molecule has 0 radical (unpaired) electrons. The van der Waals surface area contributed by atoms with Crippen molar-refractivity contribution in [3.8, 4) is 0 Å².